The van der Waals surface area contributed by atoms with E-state index in [4.69, 9.17) is 21.1 Å². The second-order valence-corrected chi connectivity index (χ2v) is 10.1. The fourth-order valence-corrected chi connectivity index (χ4v) is 5.89. The van der Waals surface area contributed by atoms with Crippen LogP contribution >= 0.6 is 11.6 Å². The number of carbonyl (C=O) groups excluding carboxylic acids is 1. The van der Waals surface area contributed by atoms with Crippen molar-refractivity contribution in [2.75, 3.05) is 32.8 Å². The molecule has 2 saturated heterocycles. The van der Waals surface area contributed by atoms with Crippen LogP contribution in [0.25, 0.3) is 0 Å². The van der Waals surface area contributed by atoms with Crippen LogP contribution in [0, 0.1) is 6.92 Å². The molecule has 0 unspecified atom stereocenters. The summed E-state index contributed by atoms with van der Waals surface area (Å²) in [6.07, 6.45) is 0.843. The van der Waals surface area contributed by atoms with E-state index in [1.165, 1.54) is 4.31 Å². The molecule has 0 aromatic heterocycles. The molecule has 0 atom stereocenters. The second kappa shape index (κ2) is 8.78. The van der Waals surface area contributed by atoms with Crippen molar-refractivity contribution in [1.82, 2.24) is 9.21 Å². The maximum absolute atomic E-state index is 13.3. The highest BCUT2D eigenvalue weighted by molar-refractivity contribution is 7.89. The summed E-state index contributed by atoms with van der Waals surface area (Å²) in [6, 6.07) is 13.7. The summed E-state index contributed by atoms with van der Waals surface area (Å²) in [4.78, 5) is 14.5. The molecule has 0 saturated carbocycles. The Bertz CT molecular complexity index is 1030. The van der Waals surface area contributed by atoms with Crippen molar-refractivity contribution in [3.05, 3.63) is 59.1 Å². The van der Waals surface area contributed by atoms with E-state index in [2.05, 4.69) is 0 Å². The number of hydrogen-bond donors (Lipinski definition) is 0. The minimum absolute atomic E-state index is 0.0825. The first-order valence-electron chi connectivity index (χ1n) is 10.2. The Morgan fingerprint density at radius 1 is 1.06 bits per heavy atom. The molecule has 31 heavy (non-hydrogen) atoms. The lowest BCUT2D eigenvalue weighted by molar-refractivity contribution is -0.142. The third kappa shape index (κ3) is 4.57. The van der Waals surface area contributed by atoms with Gasteiger partial charge >= 0.3 is 0 Å². The lowest BCUT2D eigenvalue weighted by Crippen LogP contribution is -2.56. The highest BCUT2D eigenvalue weighted by Gasteiger charge is 2.50. The van der Waals surface area contributed by atoms with Gasteiger partial charge in [-0.1, -0.05) is 29.3 Å². The number of likely N-dealkylation sites (tertiary alicyclic amines) is 1. The molecule has 4 rings (SSSR count). The molecule has 1 spiro atoms. The van der Waals surface area contributed by atoms with Gasteiger partial charge in [-0.25, -0.2) is 8.42 Å². The van der Waals surface area contributed by atoms with Gasteiger partial charge in [0.05, 0.1) is 11.5 Å². The standard InChI is InChI=1S/C22H25ClN2O5S/c1-17-2-8-20(9-3-17)31(27,28)25-14-15-30-22(25)10-12-24(13-11-22)21(26)16-29-19-6-4-18(23)5-7-19/h2-9H,10-16H2,1H3. The van der Waals surface area contributed by atoms with Gasteiger partial charge in [0.2, 0.25) is 10.0 Å². The summed E-state index contributed by atoms with van der Waals surface area (Å²) in [6.45, 7) is 3.30. The first kappa shape index (κ1) is 22.1. The van der Waals surface area contributed by atoms with Crippen LogP contribution in [0.2, 0.25) is 5.02 Å². The van der Waals surface area contributed by atoms with Crippen molar-refractivity contribution in [3.63, 3.8) is 0 Å². The van der Waals surface area contributed by atoms with Crippen LogP contribution in [0.4, 0.5) is 0 Å². The highest BCUT2D eigenvalue weighted by Crippen LogP contribution is 2.38. The third-order valence-corrected chi connectivity index (χ3v) is 8.02. The fourth-order valence-electron chi connectivity index (χ4n) is 4.04. The van der Waals surface area contributed by atoms with Crippen molar-refractivity contribution in [2.45, 2.75) is 30.4 Å². The summed E-state index contributed by atoms with van der Waals surface area (Å²) in [5, 5.41) is 0.599. The predicted octanol–water partition coefficient (Wildman–Crippen LogP) is 3.07. The average molecular weight is 465 g/mol. The normalized spacial score (nSPS) is 19.0. The van der Waals surface area contributed by atoms with Crippen LogP contribution in [-0.2, 0) is 19.6 Å². The Morgan fingerprint density at radius 2 is 1.71 bits per heavy atom. The molecule has 2 aromatic carbocycles. The number of sulfonamides is 1. The van der Waals surface area contributed by atoms with Gasteiger partial charge in [0.25, 0.3) is 5.91 Å². The van der Waals surface area contributed by atoms with Crippen LogP contribution in [-0.4, -0.2) is 62.1 Å². The molecule has 2 aliphatic heterocycles. The van der Waals surface area contributed by atoms with Crippen molar-refractivity contribution in [3.8, 4) is 5.75 Å². The van der Waals surface area contributed by atoms with E-state index in [1.807, 2.05) is 6.92 Å². The number of hydrogen-bond acceptors (Lipinski definition) is 5. The number of nitrogens with zero attached hydrogens (tertiary/aromatic N) is 2. The molecule has 166 valence electrons. The number of amides is 1. The summed E-state index contributed by atoms with van der Waals surface area (Å²) in [7, 11) is -3.68. The van der Waals surface area contributed by atoms with Crippen molar-refractivity contribution in [1.29, 1.82) is 0 Å². The van der Waals surface area contributed by atoms with Crippen molar-refractivity contribution < 1.29 is 22.7 Å². The summed E-state index contributed by atoms with van der Waals surface area (Å²) >= 11 is 5.86. The summed E-state index contributed by atoms with van der Waals surface area (Å²) < 4.78 is 39.5. The molecular weight excluding hydrogens is 440 g/mol. The largest absolute Gasteiger partial charge is 0.484 e. The molecule has 0 aliphatic carbocycles. The second-order valence-electron chi connectivity index (χ2n) is 7.81. The van der Waals surface area contributed by atoms with E-state index in [0.29, 0.717) is 49.9 Å². The smallest absolute Gasteiger partial charge is 0.260 e. The molecule has 2 heterocycles. The number of carbonyl (C=O) groups is 1. The average Bonchev–Trinajstić information content (AvgIpc) is 3.18. The van der Waals surface area contributed by atoms with Crippen LogP contribution < -0.4 is 4.74 Å². The minimum Gasteiger partial charge on any atom is -0.484 e. The van der Waals surface area contributed by atoms with Gasteiger partial charge in [-0.15, -0.1) is 0 Å². The molecule has 0 radical (unpaired) electrons. The monoisotopic (exact) mass is 464 g/mol. The van der Waals surface area contributed by atoms with Gasteiger partial charge in [0, 0.05) is 37.5 Å². The molecule has 0 bridgehead atoms. The zero-order chi connectivity index (χ0) is 22.1. The van der Waals surface area contributed by atoms with Crippen molar-refractivity contribution in [2.24, 2.45) is 0 Å². The van der Waals surface area contributed by atoms with Gasteiger partial charge in [0.1, 0.15) is 11.5 Å². The van der Waals surface area contributed by atoms with Crippen LogP contribution in [0.5, 0.6) is 5.75 Å². The highest BCUT2D eigenvalue weighted by atomic mass is 35.5. The molecule has 9 heteroatoms. The maximum Gasteiger partial charge on any atom is 0.260 e. The number of benzene rings is 2. The number of rotatable bonds is 5. The quantitative estimate of drug-likeness (QED) is 0.679. The fraction of sp³-hybridized carbons (Fsp3) is 0.409. The number of halogens is 1. The lowest BCUT2D eigenvalue weighted by Gasteiger charge is -2.42. The molecule has 2 aromatic rings. The van der Waals surface area contributed by atoms with Gasteiger partial charge in [-0.05, 0) is 43.3 Å². The maximum atomic E-state index is 13.3. The van der Waals surface area contributed by atoms with Gasteiger partial charge < -0.3 is 14.4 Å². The van der Waals surface area contributed by atoms with Crippen LogP contribution in [0.3, 0.4) is 0 Å². The van der Waals surface area contributed by atoms with E-state index in [-0.39, 0.29) is 17.4 Å². The topological polar surface area (TPSA) is 76.2 Å². The predicted molar refractivity (Wildman–Crippen MR) is 117 cm³/mol. The molecule has 2 fully saturated rings. The molecule has 0 N–H and O–H groups in total. The van der Waals surface area contributed by atoms with E-state index in [1.54, 1.807) is 53.4 Å². The van der Waals surface area contributed by atoms with Gasteiger partial charge in [0.15, 0.2) is 6.61 Å². The van der Waals surface area contributed by atoms with E-state index < -0.39 is 15.7 Å². The Morgan fingerprint density at radius 3 is 2.35 bits per heavy atom. The molecule has 1 amide bonds. The van der Waals surface area contributed by atoms with E-state index in [0.717, 1.165) is 5.56 Å². The number of aryl methyl sites for hydroxylation is 1. The minimum atomic E-state index is -3.68. The number of piperidine rings is 1. The Kier molecular flexibility index (Phi) is 6.25. The van der Waals surface area contributed by atoms with Crippen molar-refractivity contribution >= 4 is 27.5 Å². The molecule has 2 aliphatic rings. The third-order valence-electron chi connectivity index (χ3n) is 5.80. The van der Waals surface area contributed by atoms with E-state index in [9.17, 15) is 13.2 Å². The zero-order valence-electron chi connectivity index (χ0n) is 17.3. The first-order valence-corrected chi connectivity index (χ1v) is 12.0. The van der Waals surface area contributed by atoms with Gasteiger partial charge in [-0.2, -0.15) is 4.31 Å². The molecule has 7 nitrogen and oxygen atoms in total. The Balaban J connectivity index is 1.39. The Hall–Kier alpha value is -2.13. The van der Waals surface area contributed by atoms with Crippen LogP contribution in [0.15, 0.2) is 53.4 Å². The van der Waals surface area contributed by atoms with E-state index >= 15 is 0 Å². The zero-order valence-corrected chi connectivity index (χ0v) is 18.9. The molecular formula is C22H25ClN2O5S. The van der Waals surface area contributed by atoms with Crippen LogP contribution in [0.1, 0.15) is 18.4 Å². The first-order chi connectivity index (χ1) is 14.8. The SMILES string of the molecule is Cc1ccc(S(=O)(=O)N2CCOC23CCN(C(=O)COc2ccc(Cl)cc2)CC3)cc1. The lowest BCUT2D eigenvalue weighted by atomic mass is 10.0. The summed E-state index contributed by atoms with van der Waals surface area (Å²) in [5.41, 5.74) is 0.0938. The Labute approximate surface area is 187 Å². The number of ether oxygens (including phenoxy) is 2. The summed E-state index contributed by atoms with van der Waals surface area (Å²) in [5.74, 6) is 0.427. The van der Waals surface area contributed by atoms with Gasteiger partial charge in [-0.3, -0.25) is 4.79 Å².